The van der Waals surface area contributed by atoms with Gasteiger partial charge in [0.05, 0.1) is 6.54 Å². The van der Waals surface area contributed by atoms with Crippen LogP contribution in [-0.2, 0) is 13.0 Å². The Kier molecular flexibility index (Phi) is 4.99. The Labute approximate surface area is 118 Å². The summed E-state index contributed by atoms with van der Waals surface area (Å²) in [5.74, 6) is 1.97. The maximum atomic E-state index is 5.64. The van der Waals surface area contributed by atoms with Gasteiger partial charge in [-0.25, -0.2) is 0 Å². The average Bonchev–Trinajstić information content (AvgIpc) is 2.76. The number of aryl methyl sites for hydroxylation is 1. The minimum Gasteiger partial charge on any atom is -0.330 e. The van der Waals surface area contributed by atoms with Crippen molar-refractivity contribution >= 4 is 11.8 Å². The molecule has 0 bridgehead atoms. The minimum atomic E-state index is 0.600. The monoisotopic (exact) mass is 276 g/mol. The van der Waals surface area contributed by atoms with Crippen molar-refractivity contribution in [3.63, 3.8) is 0 Å². The van der Waals surface area contributed by atoms with Gasteiger partial charge in [0, 0.05) is 6.42 Å². The van der Waals surface area contributed by atoms with Crippen LogP contribution in [0.5, 0.6) is 0 Å². The summed E-state index contributed by atoms with van der Waals surface area (Å²) in [5, 5.41) is 9.49. The van der Waals surface area contributed by atoms with Crippen molar-refractivity contribution in [3.05, 3.63) is 41.2 Å². The van der Waals surface area contributed by atoms with Crippen LogP contribution < -0.4 is 5.73 Å². The SMILES string of the molecule is CCSc1nnc(CCN)n1Cc1ccc(C)cc1. The summed E-state index contributed by atoms with van der Waals surface area (Å²) in [6.07, 6.45) is 0.767. The number of aromatic nitrogens is 3. The highest BCUT2D eigenvalue weighted by atomic mass is 32.2. The lowest BCUT2D eigenvalue weighted by atomic mass is 10.1. The Hall–Kier alpha value is -1.33. The molecule has 2 N–H and O–H groups in total. The maximum absolute atomic E-state index is 5.64. The predicted octanol–water partition coefficient (Wildman–Crippen LogP) is 2.25. The van der Waals surface area contributed by atoms with Crippen LogP contribution in [0.1, 0.15) is 23.9 Å². The van der Waals surface area contributed by atoms with Crippen LogP contribution in [0.25, 0.3) is 0 Å². The number of hydrogen-bond acceptors (Lipinski definition) is 4. The van der Waals surface area contributed by atoms with Crippen LogP contribution in [0.3, 0.4) is 0 Å². The van der Waals surface area contributed by atoms with E-state index in [9.17, 15) is 0 Å². The van der Waals surface area contributed by atoms with Gasteiger partial charge in [-0.05, 0) is 24.8 Å². The van der Waals surface area contributed by atoms with Crippen molar-refractivity contribution in [1.29, 1.82) is 0 Å². The first-order valence-corrected chi connectivity index (χ1v) is 7.53. The number of hydrogen-bond donors (Lipinski definition) is 1. The van der Waals surface area contributed by atoms with Crippen molar-refractivity contribution < 1.29 is 0 Å². The summed E-state index contributed by atoms with van der Waals surface area (Å²) in [6.45, 7) is 5.63. The van der Waals surface area contributed by atoms with E-state index in [4.69, 9.17) is 5.73 Å². The summed E-state index contributed by atoms with van der Waals surface area (Å²) in [4.78, 5) is 0. The summed E-state index contributed by atoms with van der Waals surface area (Å²) < 4.78 is 2.17. The number of nitrogens with zero attached hydrogens (tertiary/aromatic N) is 3. The first kappa shape index (κ1) is 14.1. The molecule has 0 saturated heterocycles. The van der Waals surface area contributed by atoms with Gasteiger partial charge in [-0.1, -0.05) is 48.5 Å². The lowest BCUT2D eigenvalue weighted by Crippen LogP contribution is -2.11. The standard InChI is InChI=1S/C14H20N4S/c1-3-19-14-17-16-13(8-9-15)18(14)10-12-6-4-11(2)5-7-12/h4-7H,3,8-10,15H2,1-2H3. The van der Waals surface area contributed by atoms with E-state index < -0.39 is 0 Å². The van der Waals surface area contributed by atoms with Gasteiger partial charge in [-0.3, -0.25) is 0 Å². The smallest absolute Gasteiger partial charge is 0.191 e. The van der Waals surface area contributed by atoms with Gasteiger partial charge in [0.1, 0.15) is 5.82 Å². The van der Waals surface area contributed by atoms with Crippen molar-refractivity contribution in [2.45, 2.75) is 32.0 Å². The van der Waals surface area contributed by atoms with Crippen molar-refractivity contribution in [2.24, 2.45) is 5.73 Å². The Morgan fingerprint density at radius 2 is 1.95 bits per heavy atom. The highest BCUT2D eigenvalue weighted by Crippen LogP contribution is 2.18. The molecule has 1 heterocycles. The van der Waals surface area contributed by atoms with Crippen LogP contribution in [0.4, 0.5) is 0 Å². The summed E-state index contributed by atoms with van der Waals surface area (Å²) in [6, 6.07) is 8.58. The predicted molar refractivity (Wildman–Crippen MR) is 79.5 cm³/mol. The molecule has 0 amide bonds. The van der Waals surface area contributed by atoms with Crippen LogP contribution in [0.2, 0.25) is 0 Å². The van der Waals surface area contributed by atoms with E-state index in [2.05, 4.69) is 52.9 Å². The van der Waals surface area contributed by atoms with Gasteiger partial charge < -0.3 is 10.3 Å². The number of thioether (sulfide) groups is 1. The van der Waals surface area contributed by atoms with E-state index in [0.29, 0.717) is 6.54 Å². The Morgan fingerprint density at radius 3 is 2.58 bits per heavy atom. The van der Waals surface area contributed by atoms with Gasteiger partial charge >= 0.3 is 0 Å². The Morgan fingerprint density at radius 1 is 1.21 bits per heavy atom. The molecule has 0 atom stereocenters. The third kappa shape index (κ3) is 3.58. The summed E-state index contributed by atoms with van der Waals surface area (Å²) >= 11 is 1.72. The third-order valence-corrected chi connectivity index (χ3v) is 3.75. The molecule has 4 nitrogen and oxygen atoms in total. The van der Waals surface area contributed by atoms with E-state index >= 15 is 0 Å². The third-order valence-electron chi connectivity index (χ3n) is 2.90. The molecule has 102 valence electrons. The zero-order valence-electron chi connectivity index (χ0n) is 11.5. The second-order valence-electron chi connectivity index (χ2n) is 4.44. The van der Waals surface area contributed by atoms with Crippen LogP contribution in [0.15, 0.2) is 29.4 Å². The fraction of sp³-hybridized carbons (Fsp3) is 0.429. The van der Waals surface area contributed by atoms with Crippen molar-refractivity contribution in [1.82, 2.24) is 14.8 Å². The van der Waals surface area contributed by atoms with Gasteiger partial charge in [0.25, 0.3) is 0 Å². The fourth-order valence-electron chi connectivity index (χ4n) is 1.90. The van der Waals surface area contributed by atoms with Gasteiger partial charge in [0.15, 0.2) is 5.16 Å². The molecule has 1 aromatic carbocycles. The van der Waals surface area contributed by atoms with E-state index in [1.54, 1.807) is 11.8 Å². The molecular formula is C14H20N4S. The van der Waals surface area contributed by atoms with Crippen LogP contribution in [-0.4, -0.2) is 27.1 Å². The summed E-state index contributed by atoms with van der Waals surface area (Å²) in [5.41, 5.74) is 8.18. The lowest BCUT2D eigenvalue weighted by Gasteiger charge is -2.09. The Balaban J connectivity index is 2.25. The minimum absolute atomic E-state index is 0.600. The van der Waals surface area contributed by atoms with Gasteiger partial charge in [-0.2, -0.15) is 0 Å². The molecule has 19 heavy (non-hydrogen) atoms. The second-order valence-corrected chi connectivity index (χ2v) is 5.67. The molecule has 1 aromatic heterocycles. The molecule has 0 saturated carbocycles. The first-order valence-electron chi connectivity index (χ1n) is 6.55. The zero-order valence-corrected chi connectivity index (χ0v) is 12.3. The van der Waals surface area contributed by atoms with Crippen LogP contribution in [0, 0.1) is 6.92 Å². The molecule has 2 rings (SSSR count). The van der Waals surface area contributed by atoms with E-state index in [1.165, 1.54) is 11.1 Å². The van der Waals surface area contributed by atoms with Crippen LogP contribution >= 0.6 is 11.8 Å². The average molecular weight is 276 g/mol. The normalized spacial score (nSPS) is 10.9. The summed E-state index contributed by atoms with van der Waals surface area (Å²) in [7, 11) is 0. The topological polar surface area (TPSA) is 56.7 Å². The second kappa shape index (κ2) is 6.73. The molecule has 0 aliphatic heterocycles. The van der Waals surface area contributed by atoms with Gasteiger partial charge in [0.2, 0.25) is 0 Å². The Bertz CT molecular complexity index is 495. The molecule has 0 radical (unpaired) electrons. The largest absolute Gasteiger partial charge is 0.330 e. The van der Waals surface area contributed by atoms with Crippen molar-refractivity contribution in [3.8, 4) is 0 Å². The molecule has 0 spiro atoms. The quantitative estimate of drug-likeness (QED) is 0.822. The fourth-order valence-corrected chi connectivity index (χ4v) is 2.59. The number of benzene rings is 1. The van der Waals surface area contributed by atoms with Gasteiger partial charge in [-0.15, -0.1) is 10.2 Å². The van der Waals surface area contributed by atoms with E-state index in [0.717, 1.165) is 29.7 Å². The van der Waals surface area contributed by atoms with E-state index in [1.807, 2.05) is 0 Å². The molecule has 0 aliphatic carbocycles. The number of nitrogens with two attached hydrogens (primary N) is 1. The number of rotatable bonds is 6. The highest BCUT2D eigenvalue weighted by Gasteiger charge is 2.11. The molecular weight excluding hydrogens is 256 g/mol. The molecule has 0 fully saturated rings. The lowest BCUT2D eigenvalue weighted by molar-refractivity contribution is 0.663. The maximum Gasteiger partial charge on any atom is 0.191 e. The molecule has 0 unspecified atom stereocenters. The molecule has 5 heteroatoms. The van der Waals surface area contributed by atoms with Crippen molar-refractivity contribution in [2.75, 3.05) is 12.3 Å². The molecule has 0 aliphatic rings. The highest BCUT2D eigenvalue weighted by molar-refractivity contribution is 7.99. The molecule has 2 aromatic rings. The first-order chi connectivity index (χ1) is 9.24. The van der Waals surface area contributed by atoms with E-state index in [-0.39, 0.29) is 0 Å². The zero-order chi connectivity index (χ0) is 13.7.